The van der Waals surface area contributed by atoms with E-state index >= 15 is 0 Å². The summed E-state index contributed by atoms with van der Waals surface area (Å²) in [5.74, 6) is -1.12. The maximum absolute atomic E-state index is 13.4. The van der Waals surface area contributed by atoms with Crippen LogP contribution >= 0.6 is 0 Å². The topological polar surface area (TPSA) is 21.3 Å². The van der Waals surface area contributed by atoms with Crippen molar-refractivity contribution in [1.82, 2.24) is 5.32 Å². The van der Waals surface area contributed by atoms with Gasteiger partial charge in [0.15, 0.2) is 0 Å². The van der Waals surface area contributed by atoms with E-state index in [4.69, 9.17) is 4.74 Å². The van der Waals surface area contributed by atoms with Crippen LogP contribution in [-0.2, 0) is 4.74 Å². The van der Waals surface area contributed by atoms with Crippen LogP contribution in [0.2, 0.25) is 0 Å². The summed E-state index contributed by atoms with van der Waals surface area (Å²) in [4.78, 5) is 0. The predicted molar refractivity (Wildman–Crippen MR) is 73.1 cm³/mol. The predicted octanol–water partition coefficient (Wildman–Crippen LogP) is 3.82. The van der Waals surface area contributed by atoms with Crippen LogP contribution in [0.15, 0.2) is 18.2 Å². The molecule has 1 N–H and O–H groups in total. The second kappa shape index (κ2) is 6.96. The zero-order valence-corrected chi connectivity index (χ0v) is 12.1. The van der Waals surface area contributed by atoms with Crippen molar-refractivity contribution in [1.29, 1.82) is 0 Å². The smallest absolute Gasteiger partial charge is 0.126 e. The first-order chi connectivity index (χ1) is 9.02. The fraction of sp³-hybridized carbons (Fsp3) is 0.600. The summed E-state index contributed by atoms with van der Waals surface area (Å²) in [5, 5.41) is 3.14. The Bertz CT molecular complexity index is 385. The van der Waals surface area contributed by atoms with Crippen LogP contribution in [0.3, 0.4) is 0 Å². The van der Waals surface area contributed by atoms with Crippen molar-refractivity contribution in [2.75, 3.05) is 13.7 Å². The monoisotopic (exact) mass is 271 g/mol. The maximum Gasteiger partial charge on any atom is 0.126 e. The average Bonchev–Trinajstić information content (AvgIpc) is 2.37. The quantitative estimate of drug-likeness (QED) is 0.814. The molecule has 108 valence electrons. The Morgan fingerprint density at radius 1 is 1.11 bits per heavy atom. The fourth-order valence-corrected chi connectivity index (χ4v) is 2.71. The number of hydrogen-bond donors (Lipinski definition) is 1. The highest BCUT2D eigenvalue weighted by atomic mass is 19.1. The zero-order valence-electron chi connectivity index (χ0n) is 12.1. The largest absolute Gasteiger partial charge is 0.373 e. The van der Waals surface area contributed by atoms with Gasteiger partial charge in [-0.15, -0.1) is 0 Å². The third kappa shape index (κ3) is 3.51. The van der Waals surface area contributed by atoms with Crippen LogP contribution in [0.25, 0.3) is 0 Å². The Labute approximate surface area is 114 Å². The van der Waals surface area contributed by atoms with Crippen LogP contribution in [0.4, 0.5) is 8.78 Å². The number of ether oxygens (including phenoxy) is 1. The first-order valence-corrected chi connectivity index (χ1v) is 6.80. The van der Waals surface area contributed by atoms with Gasteiger partial charge in [0.05, 0.1) is 11.6 Å². The molecule has 1 atom stereocenters. The van der Waals surface area contributed by atoms with E-state index in [9.17, 15) is 8.78 Å². The Morgan fingerprint density at radius 2 is 1.63 bits per heavy atom. The number of halogens is 2. The second-order valence-electron chi connectivity index (χ2n) is 4.63. The zero-order chi connectivity index (χ0) is 14.5. The summed E-state index contributed by atoms with van der Waals surface area (Å²) in [5.41, 5.74) is 0.126. The van der Waals surface area contributed by atoms with Gasteiger partial charge in [-0.1, -0.05) is 13.8 Å². The molecule has 1 aromatic carbocycles. The lowest BCUT2D eigenvalue weighted by atomic mass is 9.83. The van der Waals surface area contributed by atoms with Gasteiger partial charge >= 0.3 is 0 Å². The van der Waals surface area contributed by atoms with E-state index in [0.717, 1.165) is 18.9 Å². The van der Waals surface area contributed by atoms with Gasteiger partial charge in [-0.3, -0.25) is 0 Å². The van der Waals surface area contributed by atoms with Gasteiger partial charge in [-0.05, 0) is 44.5 Å². The van der Waals surface area contributed by atoms with Crippen LogP contribution in [0, 0.1) is 11.6 Å². The fourth-order valence-electron chi connectivity index (χ4n) is 2.71. The molecule has 0 spiro atoms. The molecule has 1 unspecified atom stereocenters. The van der Waals surface area contributed by atoms with Gasteiger partial charge in [0.2, 0.25) is 0 Å². The molecule has 4 heteroatoms. The lowest BCUT2D eigenvalue weighted by Gasteiger charge is -2.39. The Balaban J connectivity index is 3.22. The molecule has 0 saturated carbocycles. The lowest BCUT2D eigenvalue weighted by Crippen LogP contribution is -2.44. The first kappa shape index (κ1) is 16.1. The number of hydrogen-bond acceptors (Lipinski definition) is 2. The number of rotatable bonds is 7. The molecular weight excluding hydrogens is 248 g/mol. The van der Waals surface area contributed by atoms with E-state index in [1.165, 1.54) is 12.1 Å². The maximum atomic E-state index is 13.4. The molecule has 1 rings (SSSR count). The highest BCUT2D eigenvalue weighted by molar-refractivity contribution is 5.24. The average molecular weight is 271 g/mol. The molecule has 2 nitrogen and oxygen atoms in total. The van der Waals surface area contributed by atoms with E-state index in [-0.39, 0.29) is 6.04 Å². The van der Waals surface area contributed by atoms with E-state index in [2.05, 4.69) is 5.32 Å². The Morgan fingerprint density at radius 3 is 2.00 bits per heavy atom. The van der Waals surface area contributed by atoms with Gasteiger partial charge in [-0.2, -0.15) is 0 Å². The van der Waals surface area contributed by atoms with Crippen molar-refractivity contribution >= 4 is 0 Å². The van der Waals surface area contributed by atoms with Gasteiger partial charge < -0.3 is 10.1 Å². The van der Waals surface area contributed by atoms with E-state index < -0.39 is 17.2 Å². The first-order valence-electron chi connectivity index (χ1n) is 6.80. The second-order valence-corrected chi connectivity index (χ2v) is 4.63. The summed E-state index contributed by atoms with van der Waals surface area (Å²) in [6.07, 6.45) is 1.53. The van der Waals surface area contributed by atoms with Crippen LogP contribution in [-0.4, -0.2) is 19.3 Å². The molecule has 0 aliphatic heterocycles. The van der Waals surface area contributed by atoms with Crippen molar-refractivity contribution in [3.8, 4) is 0 Å². The molecule has 19 heavy (non-hydrogen) atoms. The highest BCUT2D eigenvalue weighted by Gasteiger charge is 2.37. The molecule has 0 saturated heterocycles. The summed E-state index contributed by atoms with van der Waals surface area (Å²) in [6.45, 7) is 6.55. The minimum atomic E-state index is -0.562. The summed E-state index contributed by atoms with van der Waals surface area (Å²) in [6, 6.07) is 3.37. The van der Waals surface area contributed by atoms with E-state index in [1.807, 2.05) is 20.8 Å². The standard InChI is InChI=1S/C15H23F2NO/c1-5-15(6-2,19-7-3)14(18-4)11-8-12(16)10-13(17)9-11/h8-10,14,18H,5-7H2,1-4H3. The van der Waals surface area contributed by atoms with Crippen molar-refractivity contribution < 1.29 is 13.5 Å². The van der Waals surface area contributed by atoms with E-state index in [0.29, 0.717) is 12.2 Å². The van der Waals surface area contributed by atoms with Crippen molar-refractivity contribution in [2.45, 2.75) is 45.3 Å². The summed E-state index contributed by atoms with van der Waals surface area (Å²) < 4.78 is 32.7. The minimum Gasteiger partial charge on any atom is -0.373 e. The molecule has 0 aliphatic carbocycles. The Hall–Kier alpha value is -1.00. The molecule has 0 aromatic heterocycles. The molecule has 0 radical (unpaired) electrons. The normalized spacial score (nSPS) is 13.6. The summed E-state index contributed by atoms with van der Waals surface area (Å²) in [7, 11) is 1.78. The van der Waals surface area contributed by atoms with Crippen molar-refractivity contribution in [3.63, 3.8) is 0 Å². The molecule has 1 aromatic rings. The van der Waals surface area contributed by atoms with E-state index in [1.54, 1.807) is 7.05 Å². The van der Waals surface area contributed by atoms with Crippen LogP contribution < -0.4 is 5.32 Å². The lowest BCUT2D eigenvalue weighted by molar-refractivity contribution is -0.0718. The van der Waals surface area contributed by atoms with Crippen LogP contribution in [0.1, 0.15) is 45.2 Å². The molecule has 0 amide bonds. The van der Waals surface area contributed by atoms with Crippen LogP contribution in [0.5, 0.6) is 0 Å². The molecule has 0 heterocycles. The highest BCUT2D eigenvalue weighted by Crippen LogP contribution is 2.35. The number of benzene rings is 1. The van der Waals surface area contributed by atoms with Crippen molar-refractivity contribution in [3.05, 3.63) is 35.4 Å². The Kier molecular flexibility index (Phi) is 5.88. The molecule has 0 aliphatic rings. The third-order valence-corrected chi connectivity index (χ3v) is 3.66. The number of nitrogens with one attached hydrogen (secondary N) is 1. The SMILES string of the molecule is CCOC(CC)(CC)C(NC)c1cc(F)cc(F)c1. The van der Waals surface area contributed by atoms with Gasteiger partial charge in [0.1, 0.15) is 11.6 Å². The van der Waals surface area contributed by atoms with Gasteiger partial charge in [0.25, 0.3) is 0 Å². The summed E-state index contributed by atoms with van der Waals surface area (Å²) >= 11 is 0. The minimum absolute atomic E-state index is 0.243. The molecule has 0 fully saturated rings. The third-order valence-electron chi connectivity index (χ3n) is 3.66. The van der Waals surface area contributed by atoms with Gasteiger partial charge in [0, 0.05) is 12.7 Å². The van der Waals surface area contributed by atoms with Gasteiger partial charge in [-0.25, -0.2) is 8.78 Å². The number of likely N-dealkylation sites (N-methyl/N-ethyl adjacent to an activating group) is 1. The molecular formula is C15H23F2NO. The van der Waals surface area contributed by atoms with Crippen molar-refractivity contribution in [2.24, 2.45) is 0 Å². The molecule has 0 bridgehead atoms.